The van der Waals surface area contributed by atoms with Crippen LogP contribution in [0.2, 0.25) is 0 Å². The summed E-state index contributed by atoms with van der Waals surface area (Å²) in [5.41, 5.74) is -2.34. The van der Waals surface area contributed by atoms with E-state index in [-0.39, 0.29) is 4.47 Å². The first kappa shape index (κ1) is 29.6. The molecule has 0 saturated carbocycles. The number of hydrogen-bond donors (Lipinski definition) is 4. The minimum Gasteiger partial charge on any atom is -0.450 e. The zero-order valence-corrected chi connectivity index (χ0v) is 18.5. The minimum absolute atomic E-state index is 0.297. The van der Waals surface area contributed by atoms with Crippen molar-refractivity contribution in [1.82, 2.24) is 14.9 Å². The molecule has 30 heavy (non-hydrogen) atoms. The van der Waals surface area contributed by atoms with Crippen molar-refractivity contribution in [2.45, 2.75) is 58.8 Å². The van der Waals surface area contributed by atoms with E-state index >= 15 is 0 Å². The maximum Gasteiger partial charge on any atom is 0.503 e. The van der Waals surface area contributed by atoms with Gasteiger partial charge in [-0.1, -0.05) is 0 Å². The predicted octanol–water partition coefficient (Wildman–Crippen LogP) is 4.74. The molecule has 1 heterocycles. The molecule has 0 radical (unpaired) electrons. The van der Waals surface area contributed by atoms with Gasteiger partial charge in [0.15, 0.2) is 5.69 Å². The Morgan fingerprint density at radius 3 is 1.50 bits per heavy atom. The second kappa shape index (κ2) is 10.9. The summed E-state index contributed by atoms with van der Waals surface area (Å²) in [6, 6.07) is 0. The number of hydrogen-bond acceptors (Lipinski definition) is 5. The highest BCUT2D eigenvalue weighted by atomic mass is 79.9. The van der Waals surface area contributed by atoms with Gasteiger partial charge in [0.1, 0.15) is 0 Å². The van der Waals surface area contributed by atoms with Crippen LogP contribution in [0.3, 0.4) is 0 Å². The SMILES string of the molecule is CC(C)(C)N(C(=O)c1ncc(Br)c(C(F)(F)F)n1)C(C)(C)C.O=C(O)O.O=C(O)O. The topological polar surface area (TPSA) is 161 Å². The normalized spacial score (nSPS) is 11.3. The van der Waals surface area contributed by atoms with Gasteiger partial charge in [-0.15, -0.1) is 0 Å². The minimum atomic E-state index is -4.66. The summed E-state index contributed by atoms with van der Waals surface area (Å²) < 4.78 is 38.5. The van der Waals surface area contributed by atoms with Gasteiger partial charge in [0.2, 0.25) is 5.82 Å². The Hall–Kier alpha value is -2.64. The van der Waals surface area contributed by atoms with Crippen LogP contribution in [0.1, 0.15) is 57.9 Å². The zero-order valence-electron chi connectivity index (χ0n) is 16.9. The molecule has 0 aliphatic heterocycles. The maximum absolute atomic E-state index is 12.9. The number of amides is 1. The Morgan fingerprint density at radius 1 is 0.900 bits per heavy atom. The van der Waals surface area contributed by atoms with Crippen molar-refractivity contribution < 1.29 is 48.0 Å². The molecule has 0 bridgehead atoms. The number of halogens is 4. The van der Waals surface area contributed by atoms with Crippen molar-refractivity contribution in [3.05, 3.63) is 22.2 Å². The first-order valence-electron chi connectivity index (χ1n) is 7.90. The number of carbonyl (C=O) groups is 3. The van der Waals surface area contributed by atoms with E-state index in [0.717, 1.165) is 6.20 Å². The average molecular weight is 506 g/mol. The van der Waals surface area contributed by atoms with Gasteiger partial charge in [-0.25, -0.2) is 19.6 Å². The fraction of sp³-hybridized carbons (Fsp3) is 0.562. The van der Waals surface area contributed by atoms with Crippen molar-refractivity contribution >= 4 is 34.1 Å². The molecular weight excluding hydrogens is 483 g/mol. The summed E-state index contributed by atoms with van der Waals surface area (Å²) in [6.45, 7) is 10.8. The molecule has 0 aliphatic carbocycles. The molecule has 0 fully saturated rings. The largest absolute Gasteiger partial charge is 0.503 e. The van der Waals surface area contributed by atoms with Crippen LogP contribution in [0.15, 0.2) is 10.7 Å². The highest BCUT2D eigenvalue weighted by Gasteiger charge is 2.40. The van der Waals surface area contributed by atoms with Gasteiger partial charge < -0.3 is 25.3 Å². The molecule has 1 aromatic heterocycles. The number of alkyl halides is 3. The molecular formula is C16H23BrF3N3O7. The molecule has 0 spiro atoms. The smallest absolute Gasteiger partial charge is 0.450 e. The summed E-state index contributed by atoms with van der Waals surface area (Å²) in [4.78, 5) is 38.4. The standard InChI is InChI=1S/C14H19BrF3N3O.2CH2O3/c1-12(2,3)21(13(4,5)6)11(22)10-19-7-8(15)9(20-10)14(16,17)18;2*2-1(3)4/h7H,1-6H3;2*(H2,2,3,4). The molecule has 172 valence electrons. The van der Waals surface area contributed by atoms with E-state index < -0.39 is 47.0 Å². The van der Waals surface area contributed by atoms with E-state index in [0.29, 0.717) is 0 Å². The molecule has 0 atom stereocenters. The number of carbonyl (C=O) groups excluding carboxylic acids is 1. The Kier molecular flexibility index (Phi) is 10.8. The van der Waals surface area contributed by atoms with Crippen LogP contribution in [0.25, 0.3) is 0 Å². The molecule has 10 nitrogen and oxygen atoms in total. The lowest BCUT2D eigenvalue weighted by Gasteiger charge is -2.45. The van der Waals surface area contributed by atoms with Gasteiger partial charge >= 0.3 is 18.5 Å². The van der Waals surface area contributed by atoms with Gasteiger partial charge in [-0.3, -0.25) is 4.79 Å². The Morgan fingerprint density at radius 2 is 1.23 bits per heavy atom. The van der Waals surface area contributed by atoms with Gasteiger partial charge in [0, 0.05) is 17.3 Å². The Bertz CT molecular complexity index is 726. The van der Waals surface area contributed by atoms with Crippen LogP contribution in [-0.2, 0) is 6.18 Å². The van der Waals surface area contributed by atoms with E-state index in [1.165, 1.54) is 4.90 Å². The highest BCUT2D eigenvalue weighted by Crippen LogP contribution is 2.33. The molecule has 14 heteroatoms. The molecule has 0 aromatic carbocycles. The Labute approximate surface area is 178 Å². The van der Waals surface area contributed by atoms with Crippen molar-refractivity contribution in [2.75, 3.05) is 0 Å². The molecule has 0 saturated heterocycles. The first-order valence-corrected chi connectivity index (χ1v) is 8.69. The van der Waals surface area contributed by atoms with Crippen molar-refractivity contribution in [1.29, 1.82) is 0 Å². The molecule has 4 N–H and O–H groups in total. The summed E-state index contributed by atoms with van der Waals surface area (Å²) in [5.74, 6) is -1.11. The quantitative estimate of drug-likeness (QED) is 0.422. The van der Waals surface area contributed by atoms with Gasteiger partial charge in [-0.2, -0.15) is 13.2 Å². The molecule has 1 amide bonds. The van der Waals surface area contributed by atoms with E-state index in [2.05, 4.69) is 25.9 Å². The summed E-state index contributed by atoms with van der Waals surface area (Å²) >= 11 is 2.76. The maximum atomic E-state index is 12.9. The lowest BCUT2D eigenvalue weighted by molar-refractivity contribution is -0.142. The lowest BCUT2D eigenvalue weighted by Crippen LogP contribution is -2.56. The van der Waals surface area contributed by atoms with Crippen LogP contribution < -0.4 is 0 Å². The van der Waals surface area contributed by atoms with E-state index in [1.54, 1.807) is 41.5 Å². The Balaban J connectivity index is 0. The number of aromatic nitrogens is 2. The van der Waals surface area contributed by atoms with E-state index in [9.17, 15) is 18.0 Å². The molecule has 0 unspecified atom stereocenters. The summed E-state index contributed by atoms with van der Waals surface area (Å²) in [5, 5.41) is 27.9. The fourth-order valence-electron chi connectivity index (χ4n) is 2.38. The van der Waals surface area contributed by atoms with Crippen LogP contribution in [0, 0.1) is 0 Å². The summed E-state index contributed by atoms with van der Waals surface area (Å²) in [6.07, 6.45) is -7.38. The second-order valence-electron chi connectivity index (χ2n) is 7.44. The third-order valence-electron chi connectivity index (χ3n) is 2.75. The fourth-order valence-corrected chi connectivity index (χ4v) is 2.80. The van der Waals surface area contributed by atoms with Crippen LogP contribution >= 0.6 is 15.9 Å². The highest BCUT2D eigenvalue weighted by molar-refractivity contribution is 9.10. The lowest BCUT2D eigenvalue weighted by atomic mass is 9.95. The van der Waals surface area contributed by atoms with E-state index in [1.807, 2.05) is 0 Å². The second-order valence-corrected chi connectivity index (χ2v) is 8.29. The molecule has 1 rings (SSSR count). The van der Waals surface area contributed by atoms with Gasteiger partial charge in [0.25, 0.3) is 5.91 Å². The molecule has 0 aliphatic rings. The third kappa shape index (κ3) is 11.4. The number of carboxylic acid groups (broad SMARTS) is 4. The van der Waals surface area contributed by atoms with Crippen LogP contribution in [0.4, 0.5) is 22.8 Å². The average Bonchev–Trinajstić information content (AvgIpc) is 2.41. The predicted molar refractivity (Wildman–Crippen MR) is 102 cm³/mol. The van der Waals surface area contributed by atoms with E-state index in [4.69, 9.17) is 30.0 Å². The summed E-state index contributed by atoms with van der Waals surface area (Å²) in [7, 11) is 0. The zero-order chi connectivity index (χ0) is 24.7. The van der Waals surface area contributed by atoms with Gasteiger partial charge in [-0.05, 0) is 57.5 Å². The van der Waals surface area contributed by atoms with Gasteiger partial charge in [0.05, 0.1) is 4.47 Å². The molecule has 1 aromatic rings. The van der Waals surface area contributed by atoms with Crippen LogP contribution in [0.5, 0.6) is 0 Å². The number of rotatable bonds is 1. The first-order chi connectivity index (χ1) is 13.1. The van der Waals surface area contributed by atoms with Crippen molar-refractivity contribution in [3.63, 3.8) is 0 Å². The van der Waals surface area contributed by atoms with Crippen LogP contribution in [-0.4, -0.2) is 64.6 Å². The van der Waals surface area contributed by atoms with Crippen molar-refractivity contribution in [3.8, 4) is 0 Å². The number of nitrogens with zero attached hydrogens (tertiary/aromatic N) is 3. The monoisotopic (exact) mass is 505 g/mol. The third-order valence-corrected chi connectivity index (χ3v) is 3.33. The van der Waals surface area contributed by atoms with Crippen molar-refractivity contribution in [2.24, 2.45) is 0 Å².